The summed E-state index contributed by atoms with van der Waals surface area (Å²) in [5.41, 5.74) is 6.62. The number of piperazine rings is 1. The van der Waals surface area contributed by atoms with Crippen LogP contribution in [0.15, 0.2) is 6.07 Å². The number of aromatic nitrogens is 3. The van der Waals surface area contributed by atoms with Crippen LogP contribution in [-0.2, 0) is 24.3 Å². The lowest BCUT2D eigenvalue weighted by atomic mass is 10.0. The number of pyridine rings is 1. The maximum absolute atomic E-state index is 11.9. The number of hydrogen-bond acceptors (Lipinski definition) is 7. The van der Waals surface area contributed by atoms with Crippen LogP contribution < -0.4 is 10.2 Å². The van der Waals surface area contributed by atoms with Gasteiger partial charge in [-0.25, -0.2) is 4.98 Å². The molecule has 1 saturated heterocycles. The Morgan fingerprint density at radius 2 is 1.91 bits per heavy atom. The van der Waals surface area contributed by atoms with Crippen molar-refractivity contribution in [3.63, 3.8) is 0 Å². The van der Waals surface area contributed by atoms with Crippen LogP contribution in [-0.4, -0.2) is 83.5 Å². The van der Waals surface area contributed by atoms with E-state index >= 15 is 0 Å². The molecule has 0 unspecified atom stereocenters. The third-order valence-electron chi connectivity index (χ3n) is 7.10. The summed E-state index contributed by atoms with van der Waals surface area (Å²) in [4.78, 5) is 22.9. The molecule has 1 fully saturated rings. The molecular weight excluding hydrogens is 428 g/mol. The summed E-state index contributed by atoms with van der Waals surface area (Å²) in [6.07, 6.45) is 5.72. The molecule has 2 aliphatic rings. The molecule has 0 spiro atoms. The van der Waals surface area contributed by atoms with Gasteiger partial charge in [0.15, 0.2) is 0 Å². The van der Waals surface area contributed by atoms with Crippen LogP contribution in [0.3, 0.4) is 0 Å². The normalized spacial score (nSPS) is 16.6. The van der Waals surface area contributed by atoms with E-state index in [9.17, 15) is 4.79 Å². The van der Waals surface area contributed by atoms with E-state index in [-0.39, 0.29) is 5.91 Å². The summed E-state index contributed by atoms with van der Waals surface area (Å²) in [7, 11) is 3.74. The molecule has 0 saturated carbocycles. The Morgan fingerprint density at radius 1 is 1.12 bits per heavy atom. The van der Waals surface area contributed by atoms with Gasteiger partial charge in [-0.3, -0.25) is 14.4 Å². The minimum Gasteiger partial charge on any atom is -0.373 e. The molecule has 184 valence electrons. The number of fused-ring (bicyclic) bond motifs is 1. The van der Waals surface area contributed by atoms with Gasteiger partial charge in [-0.1, -0.05) is 6.42 Å². The molecule has 0 aliphatic carbocycles. The highest BCUT2D eigenvalue weighted by Crippen LogP contribution is 2.31. The third-order valence-corrected chi connectivity index (χ3v) is 7.10. The van der Waals surface area contributed by atoms with Crippen LogP contribution in [0.1, 0.15) is 47.5 Å². The highest BCUT2D eigenvalue weighted by atomic mass is 16.2. The first-order valence-corrected chi connectivity index (χ1v) is 12.4. The van der Waals surface area contributed by atoms with Crippen LogP contribution in [0.4, 0.5) is 11.5 Å². The van der Waals surface area contributed by atoms with E-state index in [2.05, 4.69) is 37.8 Å². The van der Waals surface area contributed by atoms with Gasteiger partial charge in [0, 0.05) is 76.4 Å². The van der Waals surface area contributed by atoms with Crippen molar-refractivity contribution in [1.82, 2.24) is 24.6 Å². The van der Waals surface area contributed by atoms with Gasteiger partial charge in [0.2, 0.25) is 5.91 Å². The lowest BCUT2D eigenvalue weighted by Crippen LogP contribution is -2.48. The molecule has 4 heterocycles. The average Bonchev–Trinajstić information content (AvgIpc) is 3.15. The minimum absolute atomic E-state index is 0.232. The summed E-state index contributed by atoms with van der Waals surface area (Å²) < 4.78 is 2.22. The molecule has 2 N–H and O–H groups in total. The van der Waals surface area contributed by atoms with E-state index < -0.39 is 0 Å². The van der Waals surface area contributed by atoms with Crippen LogP contribution in [0.25, 0.3) is 0 Å². The number of nitrogens with zero attached hydrogens (tertiary/aromatic N) is 6. The number of anilines is 2. The molecule has 2 aromatic heterocycles. The fraction of sp³-hybridized carbons (Fsp3) is 0.600. The Kier molecular flexibility index (Phi) is 7.50. The van der Waals surface area contributed by atoms with E-state index in [4.69, 9.17) is 10.5 Å². The first-order chi connectivity index (χ1) is 16.4. The van der Waals surface area contributed by atoms with Crippen molar-refractivity contribution in [1.29, 1.82) is 5.41 Å². The van der Waals surface area contributed by atoms with E-state index in [0.29, 0.717) is 6.54 Å². The maximum atomic E-state index is 11.9. The van der Waals surface area contributed by atoms with Crippen molar-refractivity contribution in [2.45, 2.75) is 52.6 Å². The summed E-state index contributed by atoms with van der Waals surface area (Å²) >= 11 is 0. The molecule has 9 heteroatoms. The van der Waals surface area contributed by atoms with Gasteiger partial charge in [-0.2, -0.15) is 5.10 Å². The van der Waals surface area contributed by atoms with Crippen molar-refractivity contribution in [3.8, 4) is 0 Å². The summed E-state index contributed by atoms with van der Waals surface area (Å²) in [6, 6.07) is 2.08. The predicted molar refractivity (Wildman–Crippen MR) is 136 cm³/mol. The van der Waals surface area contributed by atoms with E-state index in [1.54, 1.807) is 0 Å². The van der Waals surface area contributed by atoms with Gasteiger partial charge in [-0.05, 0) is 39.3 Å². The molecule has 0 bridgehead atoms. The molecule has 4 rings (SSSR count). The van der Waals surface area contributed by atoms with Gasteiger partial charge in [0.1, 0.15) is 5.82 Å². The monoisotopic (exact) mass is 466 g/mol. The smallest absolute Gasteiger partial charge is 0.236 e. The van der Waals surface area contributed by atoms with Crippen molar-refractivity contribution in [2.24, 2.45) is 0 Å². The van der Waals surface area contributed by atoms with Gasteiger partial charge in [0.05, 0.1) is 23.5 Å². The Bertz CT molecular complexity index is 1050. The van der Waals surface area contributed by atoms with Gasteiger partial charge in [0.25, 0.3) is 0 Å². The molecule has 9 nitrogen and oxygen atoms in total. The lowest BCUT2D eigenvalue weighted by molar-refractivity contribution is -0.134. The number of hydrogen-bond donors (Lipinski definition) is 2. The average molecular weight is 467 g/mol. The maximum Gasteiger partial charge on any atom is 0.236 e. The number of unbranched alkanes of at least 4 members (excludes halogenated alkanes) is 2. The van der Waals surface area contributed by atoms with E-state index in [0.717, 1.165) is 93.4 Å². The highest BCUT2D eigenvalue weighted by Gasteiger charge is 2.26. The number of likely N-dealkylation sites (N-methyl/N-ethyl adjacent to an activating group) is 1. The first kappa shape index (κ1) is 24.2. The van der Waals surface area contributed by atoms with Crippen molar-refractivity contribution >= 4 is 23.6 Å². The number of amides is 1. The fourth-order valence-corrected chi connectivity index (χ4v) is 5.09. The standard InChI is InChI=1S/C25H38N8O/c1-18-14-23(20(15-26)25(27-3)28-18)32-11-8-22-21(16-32)19(2)29-33(22)10-7-5-6-9-31-13-12-30(4)24(34)17-31/h14-15,26H,5-13,16-17H2,1-4H3,(H,27,28). The van der Waals surface area contributed by atoms with Crippen molar-refractivity contribution in [2.75, 3.05) is 57.0 Å². The third kappa shape index (κ3) is 5.09. The minimum atomic E-state index is 0.232. The molecular formula is C25H38N8O. The fourth-order valence-electron chi connectivity index (χ4n) is 5.09. The van der Waals surface area contributed by atoms with Crippen LogP contribution in [0, 0.1) is 19.3 Å². The van der Waals surface area contributed by atoms with Gasteiger partial charge < -0.3 is 20.5 Å². The molecule has 34 heavy (non-hydrogen) atoms. The number of nitrogens with one attached hydrogen (secondary N) is 2. The SMILES string of the molecule is CNc1nc(C)cc(N2CCc3c(c(C)nn3CCCCCN3CCN(C)C(=O)C3)C2)c1C=N. The Morgan fingerprint density at radius 3 is 2.65 bits per heavy atom. The van der Waals surface area contributed by atoms with Crippen molar-refractivity contribution in [3.05, 3.63) is 34.3 Å². The zero-order valence-corrected chi connectivity index (χ0v) is 21.0. The zero-order chi connectivity index (χ0) is 24.2. The van der Waals surface area contributed by atoms with Gasteiger partial charge >= 0.3 is 0 Å². The quantitative estimate of drug-likeness (QED) is 0.436. The second kappa shape index (κ2) is 10.5. The number of carbonyl (C=O) groups is 1. The molecule has 0 radical (unpaired) electrons. The first-order valence-electron chi connectivity index (χ1n) is 12.4. The number of aryl methyl sites for hydroxylation is 3. The van der Waals surface area contributed by atoms with Crippen molar-refractivity contribution < 1.29 is 4.79 Å². The molecule has 2 aromatic rings. The van der Waals surface area contributed by atoms with Gasteiger partial charge in [-0.15, -0.1) is 0 Å². The van der Waals surface area contributed by atoms with Crippen LogP contribution >= 0.6 is 0 Å². The summed E-state index contributed by atoms with van der Waals surface area (Å²) in [6.45, 7) is 10.2. The summed E-state index contributed by atoms with van der Waals surface area (Å²) in [5, 5.41) is 15.9. The molecule has 0 aromatic carbocycles. The highest BCUT2D eigenvalue weighted by molar-refractivity contribution is 5.92. The Labute approximate surface area is 202 Å². The lowest BCUT2D eigenvalue weighted by Gasteiger charge is -2.32. The topological polar surface area (TPSA) is 93.4 Å². The number of carbonyl (C=O) groups excluding carboxylic acids is 1. The second-order valence-corrected chi connectivity index (χ2v) is 9.50. The molecule has 2 aliphatic heterocycles. The Balaban J connectivity index is 1.35. The van der Waals surface area contributed by atoms with E-state index in [1.165, 1.54) is 17.5 Å². The van der Waals surface area contributed by atoms with E-state index in [1.807, 2.05) is 25.9 Å². The van der Waals surface area contributed by atoms with Crippen LogP contribution in [0.2, 0.25) is 0 Å². The largest absolute Gasteiger partial charge is 0.373 e. The second-order valence-electron chi connectivity index (χ2n) is 9.50. The molecule has 0 atom stereocenters. The zero-order valence-electron chi connectivity index (χ0n) is 21.0. The summed E-state index contributed by atoms with van der Waals surface area (Å²) in [5.74, 6) is 0.986. The number of rotatable bonds is 9. The predicted octanol–water partition coefficient (Wildman–Crippen LogP) is 2.44. The van der Waals surface area contributed by atoms with Crippen LogP contribution in [0.5, 0.6) is 0 Å². The molecule has 1 amide bonds. The Hall–Kier alpha value is -2.94.